The van der Waals surface area contributed by atoms with E-state index in [-0.39, 0.29) is 6.42 Å². The molecular weight excluding hydrogens is 172 g/mol. The summed E-state index contributed by atoms with van der Waals surface area (Å²) in [5, 5.41) is 8.48. The normalized spacial score (nSPS) is 10.8. The summed E-state index contributed by atoms with van der Waals surface area (Å²) in [7, 11) is 0. The van der Waals surface area contributed by atoms with Gasteiger partial charge in [0, 0.05) is 18.3 Å². The van der Waals surface area contributed by atoms with Crippen LogP contribution in [0, 0.1) is 0 Å². The lowest BCUT2D eigenvalue weighted by atomic mass is 10.2. The maximum atomic E-state index is 10.3. The van der Waals surface area contributed by atoms with Crippen molar-refractivity contribution >= 4 is 11.8 Å². The minimum Gasteiger partial charge on any atom is -0.481 e. The Kier molecular flexibility index (Phi) is 1.77. The van der Waals surface area contributed by atoms with Crippen LogP contribution in [-0.4, -0.2) is 20.5 Å². The highest BCUT2D eigenvalue weighted by Crippen LogP contribution is 2.08. The minimum absolute atomic E-state index is 0.110. The number of carboxylic acids is 1. The molecule has 2 aromatic rings. The van der Waals surface area contributed by atoms with Crippen LogP contribution in [-0.2, 0) is 11.2 Å². The Hall–Kier alpha value is -1.78. The summed E-state index contributed by atoms with van der Waals surface area (Å²) in [6.45, 7) is 0. The Morgan fingerprint density at radius 3 is 3.31 bits per heavy atom. The molecule has 0 spiro atoms. The minimum atomic E-state index is -0.807. The molecule has 0 aliphatic rings. The van der Waals surface area contributed by atoms with Gasteiger partial charge in [-0.1, -0.05) is 0 Å². The van der Waals surface area contributed by atoms with Crippen LogP contribution in [0.25, 0.3) is 5.84 Å². The second kappa shape index (κ2) is 2.93. The molecule has 0 amide bonds. The summed E-state index contributed by atoms with van der Waals surface area (Å²) in [5.41, 5.74) is 0.853. The van der Waals surface area contributed by atoms with E-state index in [0.29, 0.717) is 12.3 Å². The number of aromatic nitrogens is 2. The number of oxazole rings is 1. The average Bonchev–Trinajstić information content (AvgIpc) is 2.60. The number of aryl methyl sites for hydroxylation is 1. The fourth-order valence-electron chi connectivity index (χ4n) is 1.20. The van der Waals surface area contributed by atoms with Crippen LogP contribution in [0.15, 0.2) is 23.1 Å². The fourth-order valence-corrected chi connectivity index (χ4v) is 1.20. The molecule has 0 aliphatic heterocycles. The number of carboxylic acid groups (broad SMARTS) is 1. The molecule has 0 radical (unpaired) electrons. The second-order valence-electron chi connectivity index (χ2n) is 2.70. The molecule has 1 N–H and O–H groups in total. The van der Waals surface area contributed by atoms with E-state index in [1.54, 1.807) is 16.8 Å². The molecule has 0 atom stereocenters. The molecule has 2 rings (SSSR count). The van der Waals surface area contributed by atoms with Gasteiger partial charge in [0.2, 0.25) is 0 Å². The van der Waals surface area contributed by atoms with Crippen molar-refractivity contribution in [2.24, 2.45) is 0 Å². The van der Waals surface area contributed by atoms with Gasteiger partial charge in [-0.2, -0.15) is 0 Å². The van der Waals surface area contributed by atoms with E-state index in [2.05, 4.69) is 4.98 Å². The van der Waals surface area contributed by atoms with Crippen LogP contribution in [0.2, 0.25) is 0 Å². The van der Waals surface area contributed by atoms with E-state index >= 15 is 0 Å². The molecule has 0 aliphatic carbocycles. The lowest BCUT2D eigenvalue weighted by molar-refractivity contribution is -0.136. The summed E-state index contributed by atoms with van der Waals surface area (Å²) < 4.78 is 6.75. The molecule has 0 aromatic carbocycles. The van der Waals surface area contributed by atoms with Gasteiger partial charge in [-0.25, -0.2) is 4.98 Å². The average molecular weight is 180 g/mol. The van der Waals surface area contributed by atoms with Gasteiger partial charge in [-0.15, -0.1) is 0 Å². The molecule has 68 valence electrons. The van der Waals surface area contributed by atoms with Gasteiger partial charge in [0.1, 0.15) is 6.26 Å². The number of rotatable bonds is 3. The van der Waals surface area contributed by atoms with Crippen molar-refractivity contribution in [3.05, 3.63) is 24.4 Å². The number of nitrogens with zero attached hydrogens (tertiary/aromatic N) is 2. The largest absolute Gasteiger partial charge is 0.481 e. The molecule has 2 aromatic heterocycles. The van der Waals surface area contributed by atoms with E-state index < -0.39 is 5.97 Å². The van der Waals surface area contributed by atoms with Crippen molar-refractivity contribution in [2.45, 2.75) is 12.8 Å². The summed E-state index contributed by atoms with van der Waals surface area (Å²) >= 11 is 0. The van der Waals surface area contributed by atoms with Crippen LogP contribution in [0.1, 0.15) is 12.1 Å². The van der Waals surface area contributed by atoms with Crippen molar-refractivity contribution in [1.29, 1.82) is 0 Å². The van der Waals surface area contributed by atoms with Crippen LogP contribution >= 0.6 is 0 Å². The van der Waals surface area contributed by atoms with Crippen LogP contribution < -0.4 is 0 Å². The summed E-state index contributed by atoms with van der Waals surface area (Å²) in [4.78, 5) is 14.3. The SMILES string of the molecule is O=C(O)CCc1cnc2occn12. The number of carbonyl (C=O) groups is 1. The quantitative estimate of drug-likeness (QED) is 0.763. The number of hydrogen-bond acceptors (Lipinski definition) is 3. The lowest BCUT2D eigenvalue weighted by Gasteiger charge is -1.93. The van der Waals surface area contributed by atoms with Gasteiger partial charge in [0.25, 0.3) is 0 Å². The van der Waals surface area contributed by atoms with Gasteiger partial charge >= 0.3 is 11.8 Å². The molecule has 2 heterocycles. The van der Waals surface area contributed by atoms with Crippen LogP contribution in [0.5, 0.6) is 0 Å². The predicted octanol–water partition coefficient (Wildman–Crippen LogP) is 0.944. The number of hydrogen-bond donors (Lipinski definition) is 1. The Morgan fingerprint density at radius 2 is 2.54 bits per heavy atom. The molecule has 0 saturated heterocycles. The Labute approximate surface area is 73.6 Å². The third kappa shape index (κ3) is 1.40. The third-order valence-corrected chi connectivity index (χ3v) is 1.82. The molecule has 0 saturated carbocycles. The van der Waals surface area contributed by atoms with Crippen LogP contribution in [0.4, 0.5) is 0 Å². The first-order chi connectivity index (χ1) is 6.27. The van der Waals surface area contributed by atoms with E-state index in [1.807, 2.05) is 0 Å². The van der Waals surface area contributed by atoms with Gasteiger partial charge in [0.05, 0.1) is 12.6 Å². The number of imidazole rings is 1. The topological polar surface area (TPSA) is 67.7 Å². The summed E-state index contributed by atoms with van der Waals surface area (Å²) in [5.74, 6) is -0.307. The fraction of sp³-hybridized carbons (Fsp3) is 0.250. The molecule has 13 heavy (non-hydrogen) atoms. The molecule has 5 heteroatoms. The number of fused-ring (bicyclic) bond motifs is 1. The predicted molar refractivity (Wildman–Crippen MR) is 43.4 cm³/mol. The highest BCUT2D eigenvalue weighted by Gasteiger charge is 2.06. The molecule has 0 unspecified atom stereocenters. The Morgan fingerprint density at radius 1 is 1.69 bits per heavy atom. The van der Waals surface area contributed by atoms with Crippen LogP contribution in [0.3, 0.4) is 0 Å². The summed E-state index contributed by atoms with van der Waals surface area (Å²) in [6.07, 6.45) is 5.45. The first-order valence-electron chi connectivity index (χ1n) is 3.88. The summed E-state index contributed by atoms with van der Waals surface area (Å²) in [6, 6.07) is 0. The van der Waals surface area contributed by atoms with Crippen molar-refractivity contribution < 1.29 is 14.3 Å². The van der Waals surface area contributed by atoms with Crippen molar-refractivity contribution in [3.8, 4) is 0 Å². The third-order valence-electron chi connectivity index (χ3n) is 1.82. The van der Waals surface area contributed by atoms with E-state index in [9.17, 15) is 4.79 Å². The van der Waals surface area contributed by atoms with Gasteiger partial charge in [-0.05, 0) is 0 Å². The highest BCUT2D eigenvalue weighted by molar-refractivity contribution is 5.67. The number of aliphatic carboxylic acids is 1. The van der Waals surface area contributed by atoms with E-state index in [1.165, 1.54) is 6.26 Å². The maximum absolute atomic E-state index is 10.3. The zero-order valence-electron chi connectivity index (χ0n) is 6.80. The van der Waals surface area contributed by atoms with Crippen molar-refractivity contribution in [1.82, 2.24) is 9.38 Å². The van der Waals surface area contributed by atoms with Gasteiger partial charge in [-0.3, -0.25) is 9.20 Å². The van der Waals surface area contributed by atoms with Crippen molar-refractivity contribution in [3.63, 3.8) is 0 Å². The zero-order valence-corrected chi connectivity index (χ0v) is 6.80. The lowest BCUT2D eigenvalue weighted by Crippen LogP contribution is -1.99. The van der Waals surface area contributed by atoms with Crippen molar-refractivity contribution in [2.75, 3.05) is 0 Å². The maximum Gasteiger partial charge on any atom is 0.305 e. The Balaban J connectivity index is 2.23. The monoisotopic (exact) mass is 180 g/mol. The standard InChI is InChI=1S/C8H8N2O3/c11-7(12)2-1-6-5-9-8-10(6)3-4-13-8/h3-5H,1-2H2,(H,11,12). The molecular formula is C8H8N2O3. The Bertz CT molecular complexity index is 429. The van der Waals surface area contributed by atoms with E-state index in [0.717, 1.165) is 5.69 Å². The second-order valence-corrected chi connectivity index (χ2v) is 2.70. The molecule has 0 bridgehead atoms. The first-order valence-corrected chi connectivity index (χ1v) is 3.88. The van der Waals surface area contributed by atoms with E-state index in [4.69, 9.17) is 9.52 Å². The van der Waals surface area contributed by atoms with Gasteiger partial charge in [0.15, 0.2) is 0 Å². The smallest absolute Gasteiger partial charge is 0.305 e. The first kappa shape index (κ1) is 7.85. The highest BCUT2D eigenvalue weighted by atomic mass is 16.4. The molecule has 0 fully saturated rings. The zero-order chi connectivity index (χ0) is 9.26. The van der Waals surface area contributed by atoms with Gasteiger partial charge < -0.3 is 9.52 Å². The molecule has 5 nitrogen and oxygen atoms in total.